The lowest BCUT2D eigenvalue weighted by Crippen LogP contribution is -2.27. The Labute approximate surface area is 101 Å². The van der Waals surface area contributed by atoms with Gasteiger partial charge >= 0.3 is 0 Å². The third-order valence-corrected chi connectivity index (χ3v) is 3.51. The maximum Gasteiger partial charge on any atom is 0.130 e. The van der Waals surface area contributed by atoms with Crippen molar-refractivity contribution in [3.05, 3.63) is 41.7 Å². The molecule has 0 bridgehead atoms. The molecule has 1 aromatic heterocycles. The van der Waals surface area contributed by atoms with Gasteiger partial charge in [-0.25, -0.2) is 9.97 Å². The molecule has 0 spiro atoms. The van der Waals surface area contributed by atoms with E-state index in [2.05, 4.69) is 42.0 Å². The van der Waals surface area contributed by atoms with Crippen LogP contribution in [0.15, 0.2) is 30.6 Å². The molecule has 1 aliphatic rings. The standard InChI is InChI=1S/C14H15N3/c1-14(2)7-10-12(16-8-17-13(10)15)9-5-3-4-6-11(9)14/h3-6,8H,7H2,1-2H3,(H2,15,16,17). The number of benzene rings is 1. The van der Waals surface area contributed by atoms with E-state index in [-0.39, 0.29) is 5.41 Å². The summed E-state index contributed by atoms with van der Waals surface area (Å²) in [7, 11) is 0. The average Bonchev–Trinajstić information content (AvgIpc) is 2.31. The highest BCUT2D eigenvalue weighted by molar-refractivity contribution is 5.74. The van der Waals surface area contributed by atoms with Gasteiger partial charge < -0.3 is 5.73 Å². The van der Waals surface area contributed by atoms with Gasteiger partial charge in [-0.2, -0.15) is 0 Å². The Morgan fingerprint density at radius 3 is 2.76 bits per heavy atom. The highest BCUT2D eigenvalue weighted by atomic mass is 14.9. The number of hydrogen-bond acceptors (Lipinski definition) is 3. The molecule has 0 unspecified atom stereocenters. The number of fused-ring (bicyclic) bond motifs is 3. The second kappa shape index (κ2) is 3.29. The van der Waals surface area contributed by atoms with E-state index in [0.717, 1.165) is 17.7 Å². The molecule has 3 nitrogen and oxygen atoms in total. The lowest BCUT2D eigenvalue weighted by atomic mass is 9.72. The third kappa shape index (κ3) is 1.42. The van der Waals surface area contributed by atoms with Gasteiger partial charge in [0.05, 0.1) is 5.69 Å². The number of nitrogen functional groups attached to an aromatic ring is 1. The largest absolute Gasteiger partial charge is 0.383 e. The highest BCUT2D eigenvalue weighted by Gasteiger charge is 2.32. The molecule has 0 saturated heterocycles. The molecule has 1 aliphatic carbocycles. The van der Waals surface area contributed by atoms with E-state index in [1.54, 1.807) is 6.33 Å². The van der Waals surface area contributed by atoms with Crippen molar-refractivity contribution in [2.75, 3.05) is 5.73 Å². The van der Waals surface area contributed by atoms with Crippen molar-refractivity contribution in [2.45, 2.75) is 25.7 Å². The fraction of sp³-hybridized carbons (Fsp3) is 0.286. The zero-order valence-electron chi connectivity index (χ0n) is 10.1. The molecule has 1 aromatic carbocycles. The van der Waals surface area contributed by atoms with E-state index < -0.39 is 0 Å². The SMILES string of the molecule is CC1(C)Cc2c(N)ncnc2-c2ccccc21. The lowest BCUT2D eigenvalue weighted by Gasteiger charge is -2.33. The predicted molar refractivity (Wildman–Crippen MR) is 68.6 cm³/mol. The maximum atomic E-state index is 5.97. The normalized spacial score (nSPS) is 16.1. The maximum absolute atomic E-state index is 5.97. The van der Waals surface area contributed by atoms with Crippen molar-refractivity contribution in [3.8, 4) is 11.3 Å². The zero-order valence-corrected chi connectivity index (χ0v) is 10.1. The first-order chi connectivity index (χ1) is 8.09. The van der Waals surface area contributed by atoms with Gasteiger partial charge in [-0.3, -0.25) is 0 Å². The molecule has 0 amide bonds. The first kappa shape index (κ1) is 10.3. The van der Waals surface area contributed by atoms with Gasteiger partial charge in [-0.1, -0.05) is 38.1 Å². The van der Waals surface area contributed by atoms with Gasteiger partial charge in [-0.05, 0) is 17.4 Å². The molecule has 0 fully saturated rings. The Kier molecular flexibility index (Phi) is 1.99. The monoisotopic (exact) mass is 225 g/mol. The topological polar surface area (TPSA) is 51.8 Å². The summed E-state index contributed by atoms with van der Waals surface area (Å²) >= 11 is 0. The number of rotatable bonds is 0. The highest BCUT2D eigenvalue weighted by Crippen LogP contribution is 2.42. The lowest BCUT2D eigenvalue weighted by molar-refractivity contribution is 0.515. The summed E-state index contributed by atoms with van der Waals surface area (Å²) in [5, 5.41) is 0. The average molecular weight is 225 g/mol. The number of anilines is 1. The molecule has 3 heteroatoms. The number of nitrogens with zero attached hydrogens (tertiary/aromatic N) is 2. The van der Waals surface area contributed by atoms with Crippen LogP contribution in [0.2, 0.25) is 0 Å². The van der Waals surface area contributed by atoms with Gasteiger partial charge in [0, 0.05) is 11.1 Å². The van der Waals surface area contributed by atoms with Gasteiger partial charge in [0.2, 0.25) is 0 Å². The fourth-order valence-electron chi connectivity index (χ4n) is 2.65. The van der Waals surface area contributed by atoms with Gasteiger partial charge in [0.15, 0.2) is 0 Å². The molecule has 0 saturated carbocycles. The molecule has 0 radical (unpaired) electrons. The first-order valence-electron chi connectivity index (χ1n) is 5.79. The molecular formula is C14H15N3. The second-order valence-electron chi connectivity index (χ2n) is 5.19. The van der Waals surface area contributed by atoms with Crippen molar-refractivity contribution < 1.29 is 0 Å². The Hall–Kier alpha value is -1.90. The molecule has 2 N–H and O–H groups in total. The molecule has 17 heavy (non-hydrogen) atoms. The van der Waals surface area contributed by atoms with Crippen molar-refractivity contribution in [1.82, 2.24) is 9.97 Å². The molecule has 1 heterocycles. The smallest absolute Gasteiger partial charge is 0.130 e. The van der Waals surface area contributed by atoms with E-state index in [1.165, 1.54) is 11.1 Å². The number of hydrogen-bond donors (Lipinski definition) is 1. The Morgan fingerprint density at radius 1 is 1.18 bits per heavy atom. The summed E-state index contributed by atoms with van der Waals surface area (Å²) < 4.78 is 0. The zero-order chi connectivity index (χ0) is 12.0. The molecule has 86 valence electrons. The molecule has 0 atom stereocenters. The third-order valence-electron chi connectivity index (χ3n) is 3.51. The summed E-state index contributed by atoms with van der Waals surface area (Å²) in [4.78, 5) is 8.49. The van der Waals surface area contributed by atoms with Crippen LogP contribution in [0.5, 0.6) is 0 Å². The quantitative estimate of drug-likeness (QED) is 0.749. The van der Waals surface area contributed by atoms with E-state index >= 15 is 0 Å². The van der Waals surface area contributed by atoms with Crippen LogP contribution in [-0.4, -0.2) is 9.97 Å². The fourth-order valence-corrected chi connectivity index (χ4v) is 2.65. The first-order valence-corrected chi connectivity index (χ1v) is 5.79. The molecule has 0 aliphatic heterocycles. The Morgan fingerprint density at radius 2 is 1.94 bits per heavy atom. The molecular weight excluding hydrogens is 210 g/mol. The summed E-state index contributed by atoms with van der Waals surface area (Å²) in [5.74, 6) is 0.609. The van der Waals surface area contributed by atoms with E-state index in [4.69, 9.17) is 5.73 Å². The molecule has 3 rings (SSSR count). The summed E-state index contributed by atoms with van der Waals surface area (Å²) in [6.07, 6.45) is 2.44. The number of nitrogens with two attached hydrogens (primary N) is 1. The van der Waals surface area contributed by atoms with Crippen LogP contribution in [-0.2, 0) is 11.8 Å². The minimum Gasteiger partial charge on any atom is -0.383 e. The predicted octanol–water partition coefficient (Wildman–Crippen LogP) is 2.56. The Bertz CT molecular complexity index is 588. The van der Waals surface area contributed by atoms with Gasteiger partial charge in [0.1, 0.15) is 12.1 Å². The van der Waals surface area contributed by atoms with Gasteiger partial charge in [0.25, 0.3) is 0 Å². The van der Waals surface area contributed by atoms with Crippen molar-refractivity contribution in [3.63, 3.8) is 0 Å². The minimum atomic E-state index is 0.0857. The van der Waals surface area contributed by atoms with Crippen LogP contribution in [0, 0.1) is 0 Å². The van der Waals surface area contributed by atoms with Crippen LogP contribution in [0.1, 0.15) is 25.0 Å². The minimum absolute atomic E-state index is 0.0857. The van der Waals surface area contributed by atoms with E-state index in [0.29, 0.717) is 5.82 Å². The summed E-state index contributed by atoms with van der Waals surface area (Å²) in [6, 6.07) is 8.41. The van der Waals surface area contributed by atoms with Crippen molar-refractivity contribution in [2.24, 2.45) is 0 Å². The van der Waals surface area contributed by atoms with E-state index in [9.17, 15) is 0 Å². The van der Waals surface area contributed by atoms with Crippen LogP contribution in [0.25, 0.3) is 11.3 Å². The summed E-state index contributed by atoms with van der Waals surface area (Å²) in [5.41, 5.74) is 10.7. The Balaban J connectivity index is 2.36. The van der Waals surface area contributed by atoms with Crippen LogP contribution < -0.4 is 5.73 Å². The van der Waals surface area contributed by atoms with Crippen LogP contribution >= 0.6 is 0 Å². The van der Waals surface area contributed by atoms with Crippen molar-refractivity contribution in [1.29, 1.82) is 0 Å². The van der Waals surface area contributed by atoms with Crippen LogP contribution in [0.3, 0.4) is 0 Å². The van der Waals surface area contributed by atoms with Crippen LogP contribution in [0.4, 0.5) is 5.82 Å². The molecule has 2 aromatic rings. The number of aromatic nitrogens is 2. The second-order valence-corrected chi connectivity index (χ2v) is 5.19. The summed E-state index contributed by atoms with van der Waals surface area (Å²) in [6.45, 7) is 4.47. The van der Waals surface area contributed by atoms with Crippen molar-refractivity contribution >= 4 is 5.82 Å². The van der Waals surface area contributed by atoms with E-state index in [1.807, 2.05) is 6.07 Å². The van der Waals surface area contributed by atoms with Gasteiger partial charge in [-0.15, -0.1) is 0 Å².